The molecule has 0 radical (unpaired) electrons. The number of furan rings is 2. The average Bonchev–Trinajstić information content (AvgIpc) is 3.94. The van der Waals surface area contributed by atoms with E-state index in [-0.39, 0.29) is 0 Å². The lowest BCUT2D eigenvalue weighted by Crippen LogP contribution is -2.12. The van der Waals surface area contributed by atoms with E-state index in [1.807, 2.05) is 12.1 Å². The van der Waals surface area contributed by atoms with Crippen molar-refractivity contribution in [3.8, 4) is 16.8 Å². The molecule has 0 amide bonds. The van der Waals surface area contributed by atoms with Crippen LogP contribution in [0.4, 0.5) is 17.1 Å². The number of rotatable bonds is 5. The van der Waals surface area contributed by atoms with Gasteiger partial charge in [0, 0.05) is 54.8 Å². The molecule has 0 saturated heterocycles. The molecule has 9 aromatic carbocycles. The molecule has 0 N–H and O–H groups in total. The summed E-state index contributed by atoms with van der Waals surface area (Å²) >= 11 is 0. The van der Waals surface area contributed by atoms with Gasteiger partial charge in [0.05, 0.1) is 27.8 Å². The molecule has 0 aliphatic carbocycles. The molecule has 0 aliphatic heterocycles. The quantitative estimate of drug-likeness (QED) is 0.178. The van der Waals surface area contributed by atoms with Crippen LogP contribution in [0.3, 0.4) is 0 Å². The van der Waals surface area contributed by atoms with Crippen LogP contribution in [0, 0.1) is 0 Å². The van der Waals surface area contributed by atoms with E-state index in [4.69, 9.17) is 8.83 Å². The third-order valence-corrected chi connectivity index (χ3v) is 11.4. The predicted molar refractivity (Wildman–Crippen MR) is 233 cm³/mol. The van der Waals surface area contributed by atoms with Crippen molar-refractivity contribution in [2.45, 2.75) is 0 Å². The molecule has 0 fully saturated rings. The number of benzene rings is 9. The first-order valence-corrected chi connectivity index (χ1v) is 19.0. The summed E-state index contributed by atoms with van der Waals surface area (Å²) in [6.45, 7) is 0. The van der Waals surface area contributed by atoms with E-state index in [1.54, 1.807) is 0 Å². The Hall–Kier alpha value is -7.56. The summed E-state index contributed by atoms with van der Waals surface area (Å²) in [4.78, 5) is 2.40. The van der Waals surface area contributed by atoms with Crippen LogP contribution >= 0.6 is 0 Å². The van der Waals surface area contributed by atoms with Crippen molar-refractivity contribution in [3.05, 3.63) is 194 Å². The summed E-state index contributed by atoms with van der Waals surface area (Å²) in [7, 11) is 0. The van der Waals surface area contributed by atoms with E-state index < -0.39 is 0 Å². The van der Waals surface area contributed by atoms with Gasteiger partial charge < -0.3 is 18.3 Å². The van der Waals surface area contributed by atoms with Crippen molar-refractivity contribution >= 4 is 93.5 Å². The minimum absolute atomic E-state index is 0.842. The summed E-state index contributed by atoms with van der Waals surface area (Å²) in [6, 6.07) is 69.0. The number of anilines is 3. The molecule has 4 heteroatoms. The zero-order valence-corrected chi connectivity index (χ0v) is 30.2. The Labute approximate surface area is 321 Å². The van der Waals surface area contributed by atoms with Gasteiger partial charge >= 0.3 is 0 Å². The highest BCUT2D eigenvalue weighted by Crippen LogP contribution is 2.48. The van der Waals surface area contributed by atoms with Gasteiger partial charge in [0.2, 0.25) is 0 Å². The maximum atomic E-state index is 6.77. The van der Waals surface area contributed by atoms with Gasteiger partial charge in [-0.15, -0.1) is 0 Å². The summed E-state index contributed by atoms with van der Waals surface area (Å²) in [5.41, 5.74) is 12.1. The monoisotopic (exact) mass is 716 g/mol. The van der Waals surface area contributed by atoms with Gasteiger partial charge in [0.25, 0.3) is 0 Å². The van der Waals surface area contributed by atoms with Crippen LogP contribution in [-0.4, -0.2) is 4.57 Å². The highest BCUT2D eigenvalue weighted by molar-refractivity contribution is 6.20. The molecule has 262 valence electrons. The molecule has 3 aromatic heterocycles. The number of fused-ring (bicyclic) bond motifs is 11. The van der Waals surface area contributed by atoms with E-state index in [1.165, 1.54) is 21.8 Å². The van der Waals surface area contributed by atoms with Crippen molar-refractivity contribution in [1.29, 1.82) is 0 Å². The molecule has 0 bridgehead atoms. The highest BCUT2D eigenvalue weighted by Gasteiger charge is 2.25. The molecule has 4 nitrogen and oxygen atoms in total. The first-order valence-electron chi connectivity index (χ1n) is 19.0. The Morgan fingerprint density at radius 3 is 1.84 bits per heavy atom. The predicted octanol–water partition coefficient (Wildman–Crippen LogP) is 14.9. The fourth-order valence-electron chi connectivity index (χ4n) is 8.96. The van der Waals surface area contributed by atoms with Crippen molar-refractivity contribution in [1.82, 2.24) is 4.57 Å². The van der Waals surface area contributed by atoms with Crippen molar-refractivity contribution in [2.75, 3.05) is 4.90 Å². The van der Waals surface area contributed by atoms with E-state index in [2.05, 4.69) is 191 Å². The van der Waals surface area contributed by atoms with Crippen molar-refractivity contribution in [2.24, 2.45) is 0 Å². The Bertz CT molecular complexity index is 3460. The molecular weight excluding hydrogens is 685 g/mol. The van der Waals surface area contributed by atoms with Crippen LogP contribution in [-0.2, 0) is 0 Å². The standard InChI is InChI=1S/C52H32N2O2/c1-2-17-36-33(14-1)30-31-43-50-47(27-13-29-49(50)56-51(36)43)54(35-16-11-15-34(32-35)53-44-24-7-3-18-37(44)38-19-4-8-25-45(38)53)46-26-9-5-20-39(46)41-22-12-23-42-40-21-6-10-28-48(40)55-52(41)42/h1-32H. The lowest BCUT2D eigenvalue weighted by molar-refractivity contribution is 0.670. The summed E-state index contributed by atoms with van der Waals surface area (Å²) in [5, 5.41) is 9.07. The van der Waals surface area contributed by atoms with E-state index in [0.29, 0.717) is 0 Å². The first kappa shape index (κ1) is 30.9. The van der Waals surface area contributed by atoms with Gasteiger partial charge in [-0.05, 0) is 66.0 Å². The van der Waals surface area contributed by atoms with Gasteiger partial charge in [0.1, 0.15) is 22.3 Å². The van der Waals surface area contributed by atoms with Gasteiger partial charge in [0.15, 0.2) is 0 Å². The van der Waals surface area contributed by atoms with E-state index in [0.717, 1.165) is 88.5 Å². The molecule has 0 aliphatic rings. The molecule has 0 unspecified atom stereocenters. The summed E-state index contributed by atoms with van der Waals surface area (Å²) in [6.07, 6.45) is 0. The smallest absolute Gasteiger partial charge is 0.143 e. The van der Waals surface area contributed by atoms with Crippen LogP contribution < -0.4 is 4.90 Å². The fraction of sp³-hybridized carbons (Fsp3) is 0. The largest absolute Gasteiger partial charge is 0.455 e. The SMILES string of the molecule is c1cc(N(c2ccccc2-c2cccc3c2oc2ccccc23)c2cccc3oc4c5ccccc5ccc4c23)cc(-n2c3ccccc3c3ccccc32)c1. The number of hydrogen-bond donors (Lipinski definition) is 0. The average molecular weight is 717 g/mol. The van der Waals surface area contributed by atoms with Crippen molar-refractivity contribution in [3.63, 3.8) is 0 Å². The maximum Gasteiger partial charge on any atom is 0.143 e. The minimum atomic E-state index is 0.842. The maximum absolute atomic E-state index is 6.77. The van der Waals surface area contributed by atoms with Crippen LogP contribution in [0.2, 0.25) is 0 Å². The molecule has 12 aromatic rings. The number of hydrogen-bond acceptors (Lipinski definition) is 3. The molecular formula is C52H32N2O2. The zero-order valence-electron chi connectivity index (χ0n) is 30.2. The second-order valence-corrected chi connectivity index (χ2v) is 14.4. The third kappa shape index (κ3) is 4.47. The first-order chi connectivity index (χ1) is 27.8. The van der Waals surface area contributed by atoms with Crippen LogP contribution in [0.5, 0.6) is 0 Å². The Balaban J connectivity index is 1.16. The molecule has 0 spiro atoms. The number of nitrogens with zero attached hydrogens (tertiary/aromatic N) is 2. The summed E-state index contributed by atoms with van der Waals surface area (Å²) in [5.74, 6) is 0. The van der Waals surface area contributed by atoms with Crippen LogP contribution in [0.25, 0.3) is 93.3 Å². The zero-order chi connectivity index (χ0) is 36.7. The highest BCUT2D eigenvalue weighted by atomic mass is 16.3. The number of aromatic nitrogens is 1. The summed E-state index contributed by atoms with van der Waals surface area (Å²) < 4.78 is 15.8. The Kier molecular flexibility index (Phi) is 6.60. The van der Waals surface area contributed by atoms with Crippen LogP contribution in [0.1, 0.15) is 0 Å². The Morgan fingerprint density at radius 2 is 0.982 bits per heavy atom. The van der Waals surface area contributed by atoms with E-state index >= 15 is 0 Å². The lowest BCUT2D eigenvalue weighted by atomic mass is 9.98. The van der Waals surface area contributed by atoms with Gasteiger partial charge in [-0.3, -0.25) is 0 Å². The van der Waals surface area contributed by atoms with Gasteiger partial charge in [-0.1, -0.05) is 133 Å². The lowest BCUT2D eigenvalue weighted by Gasteiger charge is -2.29. The second-order valence-electron chi connectivity index (χ2n) is 14.4. The third-order valence-electron chi connectivity index (χ3n) is 11.4. The minimum Gasteiger partial charge on any atom is -0.455 e. The van der Waals surface area contributed by atoms with Gasteiger partial charge in [-0.2, -0.15) is 0 Å². The molecule has 56 heavy (non-hydrogen) atoms. The normalized spacial score (nSPS) is 11.9. The molecule has 12 rings (SSSR count). The Morgan fingerprint density at radius 1 is 0.375 bits per heavy atom. The number of para-hydroxylation sites is 5. The fourth-order valence-corrected chi connectivity index (χ4v) is 8.96. The molecule has 0 saturated carbocycles. The molecule has 0 atom stereocenters. The van der Waals surface area contributed by atoms with Crippen LogP contribution in [0.15, 0.2) is 203 Å². The topological polar surface area (TPSA) is 34.5 Å². The van der Waals surface area contributed by atoms with Gasteiger partial charge in [-0.25, -0.2) is 0 Å². The van der Waals surface area contributed by atoms with E-state index in [9.17, 15) is 0 Å². The van der Waals surface area contributed by atoms with Crippen molar-refractivity contribution < 1.29 is 8.83 Å². The molecule has 3 heterocycles. The second kappa shape index (κ2) is 12.0.